The SMILES string of the molecule is CC(C)C(N)CC(=O)N(Cc1ccccc1Br)C1CC1. The van der Waals surface area contributed by atoms with Crippen LogP contribution in [0.2, 0.25) is 0 Å². The van der Waals surface area contributed by atoms with Crippen molar-refractivity contribution in [1.82, 2.24) is 4.90 Å². The van der Waals surface area contributed by atoms with Gasteiger partial charge in [-0.2, -0.15) is 0 Å². The van der Waals surface area contributed by atoms with E-state index in [2.05, 4.69) is 35.8 Å². The monoisotopic (exact) mass is 338 g/mol. The summed E-state index contributed by atoms with van der Waals surface area (Å²) in [5.41, 5.74) is 7.20. The van der Waals surface area contributed by atoms with Gasteiger partial charge >= 0.3 is 0 Å². The molecule has 0 heterocycles. The number of amides is 1. The van der Waals surface area contributed by atoms with Crippen LogP contribution in [-0.4, -0.2) is 22.9 Å². The number of benzene rings is 1. The van der Waals surface area contributed by atoms with Crippen molar-refractivity contribution in [3.63, 3.8) is 0 Å². The summed E-state index contributed by atoms with van der Waals surface area (Å²) >= 11 is 3.55. The first-order valence-electron chi connectivity index (χ1n) is 7.27. The van der Waals surface area contributed by atoms with E-state index in [0.717, 1.165) is 22.9 Å². The third kappa shape index (κ3) is 4.06. The lowest BCUT2D eigenvalue weighted by Gasteiger charge is -2.25. The topological polar surface area (TPSA) is 46.3 Å². The zero-order chi connectivity index (χ0) is 14.7. The minimum Gasteiger partial charge on any atom is -0.335 e. The second kappa shape index (κ2) is 6.72. The maximum absolute atomic E-state index is 12.5. The molecule has 1 aliphatic rings. The highest BCUT2D eigenvalue weighted by atomic mass is 79.9. The summed E-state index contributed by atoms with van der Waals surface area (Å²) in [6.45, 7) is 4.80. The van der Waals surface area contributed by atoms with Gasteiger partial charge in [0.05, 0.1) is 0 Å². The predicted molar refractivity (Wildman–Crippen MR) is 85.1 cm³/mol. The van der Waals surface area contributed by atoms with Gasteiger partial charge < -0.3 is 10.6 Å². The van der Waals surface area contributed by atoms with Gasteiger partial charge in [0.2, 0.25) is 5.91 Å². The van der Waals surface area contributed by atoms with Crippen molar-refractivity contribution >= 4 is 21.8 Å². The smallest absolute Gasteiger partial charge is 0.224 e. The van der Waals surface area contributed by atoms with Crippen LogP contribution in [-0.2, 0) is 11.3 Å². The van der Waals surface area contributed by atoms with Gasteiger partial charge in [0.25, 0.3) is 0 Å². The van der Waals surface area contributed by atoms with E-state index in [9.17, 15) is 4.79 Å². The Morgan fingerprint density at radius 1 is 1.40 bits per heavy atom. The van der Waals surface area contributed by atoms with Crippen molar-refractivity contribution in [2.24, 2.45) is 11.7 Å². The van der Waals surface area contributed by atoms with Crippen LogP contribution in [0, 0.1) is 5.92 Å². The average molecular weight is 339 g/mol. The van der Waals surface area contributed by atoms with Gasteiger partial charge in [-0.05, 0) is 30.4 Å². The highest BCUT2D eigenvalue weighted by molar-refractivity contribution is 9.10. The summed E-state index contributed by atoms with van der Waals surface area (Å²) < 4.78 is 1.06. The van der Waals surface area contributed by atoms with E-state index in [1.54, 1.807) is 0 Å². The normalized spacial score (nSPS) is 16.2. The third-order valence-electron chi connectivity index (χ3n) is 3.87. The average Bonchev–Trinajstić information content (AvgIpc) is 3.21. The fourth-order valence-electron chi connectivity index (χ4n) is 2.17. The Hall–Kier alpha value is -0.870. The predicted octanol–water partition coefficient (Wildman–Crippen LogP) is 3.31. The molecule has 1 aliphatic carbocycles. The second-order valence-corrected chi connectivity index (χ2v) is 6.81. The standard InChI is InChI=1S/C16H23BrN2O/c1-11(2)15(18)9-16(20)19(13-7-8-13)10-12-5-3-4-6-14(12)17/h3-6,11,13,15H,7-10,18H2,1-2H3. The van der Waals surface area contributed by atoms with E-state index >= 15 is 0 Å². The fourth-order valence-corrected chi connectivity index (χ4v) is 2.58. The summed E-state index contributed by atoms with van der Waals surface area (Å²) in [7, 11) is 0. The summed E-state index contributed by atoms with van der Waals surface area (Å²) in [5, 5.41) is 0. The molecule has 1 fully saturated rings. The molecule has 0 bridgehead atoms. The molecule has 0 aliphatic heterocycles. The minimum atomic E-state index is -0.0528. The molecule has 2 N–H and O–H groups in total. The number of halogens is 1. The van der Waals surface area contributed by atoms with Gasteiger partial charge in [0.1, 0.15) is 0 Å². The van der Waals surface area contributed by atoms with E-state index < -0.39 is 0 Å². The molecule has 0 spiro atoms. The maximum Gasteiger partial charge on any atom is 0.224 e. The van der Waals surface area contributed by atoms with Crippen LogP contribution in [0.15, 0.2) is 28.7 Å². The lowest BCUT2D eigenvalue weighted by atomic mass is 10.0. The quantitative estimate of drug-likeness (QED) is 0.864. The van der Waals surface area contributed by atoms with Crippen molar-refractivity contribution < 1.29 is 4.79 Å². The Morgan fingerprint density at radius 2 is 2.05 bits per heavy atom. The molecule has 20 heavy (non-hydrogen) atoms. The van der Waals surface area contributed by atoms with Crippen LogP contribution >= 0.6 is 15.9 Å². The molecule has 2 rings (SSSR count). The molecule has 1 amide bonds. The molecule has 1 atom stereocenters. The zero-order valence-corrected chi connectivity index (χ0v) is 13.8. The first-order chi connectivity index (χ1) is 9.49. The Morgan fingerprint density at radius 3 is 2.60 bits per heavy atom. The molecule has 3 nitrogen and oxygen atoms in total. The molecular formula is C16H23BrN2O. The van der Waals surface area contributed by atoms with E-state index in [1.165, 1.54) is 0 Å². The molecule has 1 aromatic carbocycles. The summed E-state index contributed by atoms with van der Waals surface area (Å²) in [4.78, 5) is 14.5. The fraction of sp³-hybridized carbons (Fsp3) is 0.562. The van der Waals surface area contributed by atoms with Crippen molar-refractivity contribution in [1.29, 1.82) is 0 Å². The number of nitrogens with zero attached hydrogens (tertiary/aromatic N) is 1. The van der Waals surface area contributed by atoms with E-state index in [1.807, 2.05) is 23.1 Å². The van der Waals surface area contributed by atoms with Crippen molar-refractivity contribution in [2.75, 3.05) is 0 Å². The lowest BCUT2D eigenvalue weighted by Crippen LogP contribution is -2.38. The largest absolute Gasteiger partial charge is 0.335 e. The Labute approximate surface area is 129 Å². The van der Waals surface area contributed by atoms with Crippen molar-refractivity contribution in [2.45, 2.75) is 51.7 Å². The first kappa shape index (κ1) is 15.5. The number of hydrogen-bond acceptors (Lipinski definition) is 2. The highest BCUT2D eigenvalue weighted by Crippen LogP contribution is 2.30. The van der Waals surface area contributed by atoms with Gasteiger partial charge in [0.15, 0.2) is 0 Å². The van der Waals surface area contributed by atoms with Crippen LogP contribution in [0.5, 0.6) is 0 Å². The highest BCUT2D eigenvalue weighted by Gasteiger charge is 2.33. The Kier molecular flexibility index (Phi) is 5.22. The molecule has 1 saturated carbocycles. The zero-order valence-electron chi connectivity index (χ0n) is 12.2. The van der Waals surface area contributed by atoms with Crippen LogP contribution in [0.4, 0.5) is 0 Å². The van der Waals surface area contributed by atoms with Crippen LogP contribution in [0.3, 0.4) is 0 Å². The molecule has 0 aromatic heterocycles. The van der Waals surface area contributed by atoms with Gasteiger partial charge in [-0.25, -0.2) is 0 Å². The lowest BCUT2D eigenvalue weighted by molar-refractivity contribution is -0.133. The minimum absolute atomic E-state index is 0.0528. The summed E-state index contributed by atoms with van der Waals surface area (Å²) in [6.07, 6.45) is 2.68. The second-order valence-electron chi connectivity index (χ2n) is 5.96. The van der Waals surface area contributed by atoms with Gasteiger partial charge in [-0.1, -0.05) is 48.0 Å². The van der Waals surface area contributed by atoms with E-state index in [-0.39, 0.29) is 11.9 Å². The van der Waals surface area contributed by atoms with E-state index in [4.69, 9.17) is 5.73 Å². The molecule has 1 aromatic rings. The third-order valence-corrected chi connectivity index (χ3v) is 4.65. The Balaban J connectivity index is 2.04. The van der Waals surface area contributed by atoms with Gasteiger partial charge in [-0.3, -0.25) is 4.79 Å². The van der Waals surface area contributed by atoms with Crippen LogP contribution < -0.4 is 5.73 Å². The molecular weight excluding hydrogens is 316 g/mol. The van der Waals surface area contributed by atoms with Gasteiger partial charge in [-0.15, -0.1) is 0 Å². The maximum atomic E-state index is 12.5. The number of carbonyl (C=O) groups is 1. The summed E-state index contributed by atoms with van der Waals surface area (Å²) in [6, 6.07) is 8.44. The van der Waals surface area contributed by atoms with Crippen molar-refractivity contribution in [3.05, 3.63) is 34.3 Å². The molecule has 110 valence electrons. The molecule has 4 heteroatoms. The van der Waals surface area contributed by atoms with E-state index in [0.29, 0.717) is 24.9 Å². The van der Waals surface area contributed by atoms with Crippen LogP contribution in [0.25, 0.3) is 0 Å². The number of carbonyl (C=O) groups excluding carboxylic acids is 1. The molecule has 1 unspecified atom stereocenters. The van der Waals surface area contributed by atoms with Crippen molar-refractivity contribution in [3.8, 4) is 0 Å². The number of hydrogen-bond donors (Lipinski definition) is 1. The molecule has 0 radical (unpaired) electrons. The van der Waals surface area contributed by atoms with Gasteiger partial charge in [0, 0.05) is 29.5 Å². The van der Waals surface area contributed by atoms with Crippen LogP contribution in [0.1, 0.15) is 38.7 Å². The number of nitrogens with two attached hydrogens (primary N) is 1. The number of rotatable bonds is 6. The first-order valence-corrected chi connectivity index (χ1v) is 8.06. The Bertz CT molecular complexity index is 471. The summed E-state index contributed by atoms with van der Waals surface area (Å²) in [5.74, 6) is 0.521. The molecule has 0 saturated heterocycles.